The lowest BCUT2D eigenvalue weighted by atomic mass is 9.85. The number of carbonyl (C=O) groups excluding carboxylic acids is 1. The Morgan fingerprint density at radius 2 is 1.85 bits per heavy atom. The molecule has 1 aliphatic heterocycles. The van der Waals surface area contributed by atoms with Crippen LogP contribution in [0.25, 0.3) is 0 Å². The molecule has 1 unspecified atom stereocenters. The fraction of sp³-hybridized carbons (Fsp3) is 0.933. The Balaban J connectivity index is 2.07. The van der Waals surface area contributed by atoms with Gasteiger partial charge < -0.3 is 20.9 Å². The van der Waals surface area contributed by atoms with Gasteiger partial charge in [0.15, 0.2) is 0 Å². The van der Waals surface area contributed by atoms with Crippen molar-refractivity contribution in [2.45, 2.75) is 39.7 Å². The molecule has 5 nitrogen and oxygen atoms in total. The van der Waals surface area contributed by atoms with Gasteiger partial charge in [-0.2, -0.15) is 0 Å². The smallest absolute Gasteiger partial charge is 0.221 e. The van der Waals surface area contributed by atoms with Gasteiger partial charge in [0.25, 0.3) is 0 Å². The van der Waals surface area contributed by atoms with Crippen molar-refractivity contribution in [3.8, 4) is 0 Å². The highest BCUT2D eigenvalue weighted by Crippen LogP contribution is 2.19. The van der Waals surface area contributed by atoms with E-state index in [-0.39, 0.29) is 17.4 Å². The summed E-state index contributed by atoms with van der Waals surface area (Å²) in [4.78, 5) is 16.6. The molecule has 0 bridgehead atoms. The first kappa shape index (κ1) is 17.4. The average molecular weight is 284 g/mol. The SMILES string of the molecule is CN1CCN(CCCNC(=O)CC(N)C(C)(C)C)CC1. The maximum absolute atomic E-state index is 11.8. The number of piperazine rings is 1. The summed E-state index contributed by atoms with van der Waals surface area (Å²) in [7, 11) is 2.16. The quantitative estimate of drug-likeness (QED) is 0.698. The molecular weight excluding hydrogens is 252 g/mol. The predicted octanol–water partition coefficient (Wildman–Crippen LogP) is 0.504. The van der Waals surface area contributed by atoms with E-state index >= 15 is 0 Å². The molecule has 0 aliphatic carbocycles. The Bertz CT molecular complexity index is 293. The molecule has 1 fully saturated rings. The van der Waals surface area contributed by atoms with Crippen LogP contribution >= 0.6 is 0 Å². The number of nitrogens with two attached hydrogens (primary N) is 1. The van der Waals surface area contributed by atoms with E-state index in [1.54, 1.807) is 0 Å². The molecule has 0 spiro atoms. The third-order valence-corrected chi connectivity index (χ3v) is 4.09. The monoisotopic (exact) mass is 284 g/mol. The molecule has 1 atom stereocenters. The summed E-state index contributed by atoms with van der Waals surface area (Å²) in [6.45, 7) is 12.6. The second kappa shape index (κ2) is 7.96. The Labute approximate surface area is 123 Å². The van der Waals surface area contributed by atoms with Crippen molar-refractivity contribution in [3.05, 3.63) is 0 Å². The van der Waals surface area contributed by atoms with Crippen molar-refractivity contribution in [2.75, 3.05) is 46.3 Å². The van der Waals surface area contributed by atoms with Gasteiger partial charge in [0.1, 0.15) is 0 Å². The van der Waals surface area contributed by atoms with Crippen molar-refractivity contribution in [1.82, 2.24) is 15.1 Å². The summed E-state index contributed by atoms with van der Waals surface area (Å²) in [5.41, 5.74) is 6.00. The first-order valence-corrected chi connectivity index (χ1v) is 7.72. The lowest BCUT2D eigenvalue weighted by Gasteiger charge is -2.32. The first-order valence-electron chi connectivity index (χ1n) is 7.72. The van der Waals surface area contributed by atoms with Crippen molar-refractivity contribution in [1.29, 1.82) is 0 Å². The number of carbonyl (C=O) groups is 1. The van der Waals surface area contributed by atoms with E-state index in [0.717, 1.165) is 45.7 Å². The molecule has 1 heterocycles. The van der Waals surface area contributed by atoms with E-state index < -0.39 is 0 Å². The van der Waals surface area contributed by atoms with Crippen LogP contribution in [-0.2, 0) is 4.79 Å². The van der Waals surface area contributed by atoms with Crippen LogP contribution in [0.3, 0.4) is 0 Å². The van der Waals surface area contributed by atoms with Crippen molar-refractivity contribution in [3.63, 3.8) is 0 Å². The highest BCUT2D eigenvalue weighted by atomic mass is 16.1. The molecule has 0 radical (unpaired) electrons. The maximum atomic E-state index is 11.8. The topological polar surface area (TPSA) is 61.6 Å². The Morgan fingerprint density at radius 1 is 1.25 bits per heavy atom. The molecule has 3 N–H and O–H groups in total. The second-order valence-electron chi connectivity index (χ2n) is 7.03. The van der Waals surface area contributed by atoms with E-state index in [9.17, 15) is 4.79 Å². The molecule has 1 saturated heterocycles. The molecule has 1 aliphatic rings. The fourth-order valence-corrected chi connectivity index (χ4v) is 2.18. The fourth-order valence-electron chi connectivity index (χ4n) is 2.18. The van der Waals surface area contributed by atoms with Gasteiger partial charge >= 0.3 is 0 Å². The largest absolute Gasteiger partial charge is 0.356 e. The number of nitrogens with zero attached hydrogens (tertiary/aromatic N) is 2. The molecule has 5 heteroatoms. The minimum atomic E-state index is -0.0832. The molecule has 0 saturated carbocycles. The Morgan fingerprint density at radius 3 is 2.40 bits per heavy atom. The number of nitrogens with one attached hydrogen (secondary N) is 1. The minimum Gasteiger partial charge on any atom is -0.356 e. The van der Waals surface area contributed by atoms with Gasteiger partial charge in [0, 0.05) is 45.2 Å². The Hall–Kier alpha value is -0.650. The molecule has 1 rings (SSSR count). The van der Waals surface area contributed by atoms with Crippen LogP contribution in [-0.4, -0.2) is 68.1 Å². The van der Waals surface area contributed by atoms with Crippen LogP contribution in [0.15, 0.2) is 0 Å². The zero-order valence-electron chi connectivity index (χ0n) is 13.6. The van der Waals surface area contributed by atoms with Crippen LogP contribution in [0.1, 0.15) is 33.6 Å². The summed E-state index contributed by atoms with van der Waals surface area (Å²) in [5.74, 6) is 0.0748. The van der Waals surface area contributed by atoms with E-state index in [2.05, 4.69) is 42.9 Å². The molecular formula is C15H32N4O. The summed E-state index contributed by atoms with van der Waals surface area (Å²) in [5, 5.41) is 2.98. The molecule has 0 aromatic rings. The van der Waals surface area contributed by atoms with Crippen molar-refractivity contribution in [2.24, 2.45) is 11.1 Å². The molecule has 1 amide bonds. The first-order chi connectivity index (χ1) is 9.29. The number of rotatable bonds is 6. The van der Waals surface area contributed by atoms with Crippen LogP contribution in [0.2, 0.25) is 0 Å². The zero-order chi connectivity index (χ0) is 15.2. The minimum absolute atomic E-state index is 0.0167. The highest BCUT2D eigenvalue weighted by Gasteiger charge is 2.22. The Kier molecular flexibility index (Phi) is 6.92. The summed E-state index contributed by atoms with van der Waals surface area (Å²) >= 11 is 0. The van der Waals surface area contributed by atoms with E-state index in [4.69, 9.17) is 5.73 Å². The summed E-state index contributed by atoms with van der Waals surface area (Å²) in [6, 6.07) is -0.0832. The lowest BCUT2D eigenvalue weighted by molar-refractivity contribution is -0.121. The maximum Gasteiger partial charge on any atom is 0.221 e. The van der Waals surface area contributed by atoms with Gasteiger partial charge in [0.2, 0.25) is 5.91 Å². The van der Waals surface area contributed by atoms with E-state index in [0.29, 0.717) is 6.42 Å². The van der Waals surface area contributed by atoms with Gasteiger partial charge in [-0.05, 0) is 25.4 Å². The number of hydrogen-bond donors (Lipinski definition) is 2. The average Bonchev–Trinajstić information content (AvgIpc) is 2.35. The number of amides is 1. The molecule has 20 heavy (non-hydrogen) atoms. The summed E-state index contributed by atoms with van der Waals surface area (Å²) in [6.07, 6.45) is 1.43. The third-order valence-electron chi connectivity index (χ3n) is 4.09. The molecule has 0 aromatic heterocycles. The summed E-state index contributed by atoms with van der Waals surface area (Å²) < 4.78 is 0. The van der Waals surface area contributed by atoms with Gasteiger partial charge in [-0.1, -0.05) is 20.8 Å². The van der Waals surface area contributed by atoms with Crippen LogP contribution < -0.4 is 11.1 Å². The van der Waals surface area contributed by atoms with E-state index in [1.807, 2.05) is 0 Å². The van der Waals surface area contributed by atoms with Crippen LogP contribution in [0.5, 0.6) is 0 Å². The van der Waals surface area contributed by atoms with Crippen LogP contribution in [0.4, 0.5) is 0 Å². The van der Waals surface area contributed by atoms with Crippen LogP contribution in [0, 0.1) is 5.41 Å². The van der Waals surface area contributed by atoms with E-state index in [1.165, 1.54) is 0 Å². The van der Waals surface area contributed by atoms with Gasteiger partial charge in [-0.25, -0.2) is 0 Å². The van der Waals surface area contributed by atoms with Crippen molar-refractivity contribution >= 4 is 5.91 Å². The predicted molar refractivity (Wildman–Crippen MR) is 83.6 cm³/mol. The third kappa shape index (κ3) is 6.68. The van der Waals surface area contributed by atoms with Gasteiger partial charge in [0.05, 0.1) is 0 Å². The number of hydrogen-bond acceptors (Lipinski definition) is 4. The van der Waals surface area contributed by atoms with Gasteiger partial charge in [-0.15, -0.1) is 0 Å². The zero-order valence-corrected chi connectivity index (χ0v) is 13.6. The van der Waals surface area contributed by atoms with Crippen molar-refractivity contribution < 1.29 is 4.79 Å². The standard InChI is InChI=1S/C15H32N4O/c1-15(2,3)13(16)12-14(20)17-6-5-7-19-10-8-18(4)9-11-19/h13H,5-12,16H2,1-4H3,(H,17,20). The van der Waals surface area contributed by atoms with Gasteiger partial charge in [-0.3, -0.25) is 4.79 Å². The highest BCUT2D eigenvalue weighted by molar-refractivity contribution is 5.76. The molecule has 0 aromatic carbocycles. The second-order valence-corrected chi connectivity index (χ2v) is 7.03. The normalized spacial score (nSPS) is 19.9. The molecule has 118 valence electrons. The number of likely N-dealkylation sites (N-methyl/N-ethyl adjacent to an activating group) is 1. The lowest BCUT2D eigenvalue weighted by Crippen LogP contribution is -2.45.